The zero-order chi connectivity index (χ0) is 12.9. The molecule has 0 unspecified atom stereocenters. The van der Waals surface area contributed by atoms with E-state index in [0.717, 1.165) is 0 Å². The molecule has 2 N–H and O–H groups in total. The maximum Gasteiger partial charge on any atom is 0.362 e. The van der Waals surface area contributed by atoms with E-state index in [1.807, 2.05) is 0 Å². The molecule has 3 aromatic rings. The molecule has 2 aromatic heterocycles. The third-order valence-electron chi connectivity index (χ3n) is 2.56. The Kier molecular flexibility index (Phi) is 2.14. The zero-order valence-corrected chi connectivity index (χ0v) is 9.64. The number of carbonyl (C=O) groups excluding carboxylic acids is 1. The molecule has 0 radical (unpaired) electrons. The van der Waals surface area contributed by atoms with Crippen LogP contribution in [0.15, 0.2) is 33.6 Å². The summed E-state index contributed by atoms with van der Waals surface area (Å²) in [7, 11) is 0. The first-order valence-corrected chi connectivity index (χ1v) is 5.35. The molecule has 0 aliphatic carbocycles. The highest BCUT2D eigenvalue weighted by Crippen LogP contribution is 2.20. The number of nitrogens with two attached hydrogens (primary N) is 1. The molecule has 0 aliphatic heterocycles. The summed E-state index contributed by atoms with van der Waals surface area (Å²) in [6.07, 6.45) is 1.24. The Morgan fingerprint density at radius 1 is 1.39 bits per heavy atom. The van der Waals surface area contributed by atoms with Gasteiger partial charge >= 0.3 is 5.63 Å². The fraction of sp³-hybridized carbons (Fsp3) is 0. The standard InChI is InChI=1S/C11H6ClN3O3/c12-5-1-2-8-6(3-5)15-7(11(17)18-8)4-14-10(15)9(13)16/h1-4H,(H2,13,16). The lowest BCUT2D eigenvalue weighted by Crippen LogP contribution is -2.16. The van der Waals surface area contributed by atoms with E-state index in [-0.39, 0.29) is 11.3 Å². The highest BCUT2D eigenvalue weighted by atomic mass is 35.5. The third-order valence-corrected chi connectivity index (χ3v) is 2.79. The van der Waals surface area contributed by atoms with E-state index in [2.05, 4.69) is 4.98 Å². The molecule has 3 rings (SSSR count). The Hall–Kier alpha value is -2.34. The molecule has 0 saturated heterocycles. The van der Waals surface area contributed by atoms with Gasteiger partial charge in [-0.05, 0) is 18.2 Å². The topological polar surface area (TPSA) is 90.6 Å². The molecule has 0 fully saturated rings. The summed E-state index contributed by atoms with van der Waals surface area (Å²) in [4.78, 5) is 26.8. The number of primary amides is 1. The zero-order valence-electron chi connectivity index (χ0n) is 8.88. The fourth-order valence-electron chi connectivity index (χ4n) is 1.82. The van der Waals surface area contributed by atoms with Crippen molar-refractivity contribution in [3.05, 3.63) is 45.7 Å². The number of hydrogen-bond acceptors (Lipinski definition) is 4. The van der Waals surface area contributed by atoms with Gasteiger partial charge in [0.1, 0.15) is 0 Å². The lowest BCUT2D eigenvalue weighted by atomic mass is 10.3. The minimum absolute atomic E-state index is 0.0369. The van der Waals surface area contributed by atoms with Crippen LogP contribution in [-0.4, -0.2) is 15.3 Å². The quantitative estimate of drug-likeness (QED) is 0.714. The molecular formula is C11H6ClN3O3. The van der Waals surface area contributed by atoms with Gasteiger partial charge in [-0.3, -0.25) is 9.20 Å². The van der Waals surface area contributed by atoms with Crippen molar-refractivity contribution in [2.24, 2.45) is 5.73 Å². The largest absolute Gasteiger partial charge is 0.420 e. The smallest absolute Gasteiger partial charge is 0.362 e. The van der Waals surface area contributed by atoms with Crippen LogP contribution in [0.1, 0.15) is 10.6 Å². The Morgan fingerprint density at radius 3 is 2.89 bits per heavy atom. The average Bonchev–Trinajstić information content (AvgIpc) is 2.76. The van der Waals surface area contributed by atoms with E-state index in [4.69, 9.17) is 21.8 Å². The van der Waals surface area contributed by atoms with Crippen LogP contribution in [0.2, 0.25) is 5.02 Å². The van der Waals surface area contributed by atoms with Crippen LogP contribution in [0.4, 0.5) is 0 Å². The van der Waals surface area contributed by atoms with Crippen molar-refractivity contribution in [3.63, 3.8) is 0 Å². The first kappa shape index (κ1) is 10.8. The lowest BCUT2D eigenvalue weighted by molar-refractivity contribution is 0.0990. The number of benzene rings is 1. The number of aromatic nitrogens is 2. The summed E-state index contributed by atoms with van der Waals surface area (Å²) in [6, 6.07) is 4.70. The maximum atomic E-state index is 11.7. The van der Waals surface area contributed by atoms with Gasteiger partial charge in [0.05, 0.1) is 11.7 Å². The second kappa shape index (κ2) is 3.58. The summed E-state index contributed by atoms with van der Waals surface area (Å²) in [6.45, 7) is 0. The maximum absolute atomic E-state index is 11.7. The first-order valence-electron chi connectivity index (χ1n) is 4.97. The number of halogens is 1. The van der Waals surface area contributed by atoms with E-state index in [1.54, 1.807) is 18.2 Å². The Bertz CT molecular complexity index is 850. The molecule has 0 spiro atoms. The highest BCUT2D eigenvalue weighted by Gasteiger charge is 2.15. The summed E-state index contributed by atoms with van der Waals surface area (Å²) in [5, 5.41) is 0.446. The highest BCUT2D eigenvalue weighted by molar-refractivity contribution is 6.31. The monoisotopic (exact) mass is 263 g/mol. The van der Waals surface area contributed by atoms with Crippen molar-refractivity contribution < 1.29 is 9.21 Å². The SMILES string of the molecule is NC(=O)c1ncc2c(=O)oc3ccc(Cl)cc3n12. The number of amides is 1. The number of nitrogens with zero attached hydrogens (tertiary/aromatic N) is 2. The Balaban J connectivity index is 2.64. The predicted molar refractivity (Wildman–Crippen MR) is 64.8 cm³/mol. The Morgan fingerprint density at radius 2 is 2.17 bits per heavy atom. The number of hydrogen-bond donors (Lipinski definition) is 1. The van der Waals surface area contributed by atoms with Crippen LogP contribution in [0.5, 0.6) is 0 Å². The van der Waals surface area contributed by atoms with E-state index < -0.39 is 11.5 Å². The Labute approximate surface area is 105 Å². The minimum Gasteiger partial charge on any atom is -0.420 e. The van der Waals surface area contributed by atoms with Crippen LogP contribution in [0.25, 0.3) is 16.6 Å². The lowest BCUT2D eigenvalue weighted by Gasteiger charge is -2.03. The molecule has 2 heterocycles. The van der Waals surface area contributed by atoms with E-state index >= 15 is 0 Å². The molecule has 18 heavy (non-hydrogen) atoms. The summed E-state index contributed by atoms with van der Waals surface area (Å²) in [5.41, 5.74) is 5.52. The molecule has 0 atom stereocenters. The molecular weight excluding hydrogens is 258 g/mol. The first-order chi connectivity index (χ1) is 8.58. The summed E-state index contributed by atoms with van der Waals surface area (Å²) in [5.74, 6) is -0.771. The van der Waals surface area contributed by atoms with Crippen molar-refractivity contribution in [1.82, 2.24) is 9.38 Å². The van der Waals surface area contributed by atoms with Crippen molar-refractivity contribution in [3.8, 4) is 0 Å². The van der Waals surface area contributed by atoms with Crippen LogP contribution in [-0.2, 0) is 0 Å². The minimum atomic E-state index is -0.734. The molecule has 90 valence electrons. The number of fused-ring (bicyclic) bond motifs is 3. The van der Waals surface area contributed by atoms with E-state index in [0.29, 0.717) is 16.1 Å². The second-order valence-corrected chi connectivity index (χ2v) is 4.10. The average molecular weight is 264 g/mol. The number of carbonyl (C=O) groups is 1. The van der Waals surface area contributed by atoms with Gasteiger partial charge in [0.25, 0.3) is 5.91 Å². The van der Waals surface area contributed by atoms with Crippen LogP contribution in [0, 0.1) is 0 Å². The van der Waals surface area contributed by atoms with Crippen molar-refractivity contribution >= 4 is 34.1 Å². The molecule has 6 nitrogen and oxygen atoms in total. The van der Waals surface area contributed by atoms with Gasteiger partial charge in [-0.15, -0.1) is 0 Å². The normalized spacial score (nSPS) is 11.2. The van der Waals surface area contributed by atoms with Gasteiger partial charge in [-0.25, -0.2) is 9.78 Å². The second-order valence-electron chi connectivity index (χ2n) is 3.67. The molecule has 1 aromatic carbocycles. The van der Waals surface area contributed by atoms with Gasteiger partial charge < -0.3 is 10.2 Å². The van der Waals surface area contributed by atoms with Gasteiger partial charge in [-0.1, -0.05) is 11.6 Å². The van der Waals surface area contributed by atoms with Gasteiger partial charge in [0, 0.05) is 5.02 Å². The van der Waals surface area contributed by atoms with E-state index in [1.165, 1.54) is 10.6 Å². The van der Waals surface area contributed by atoms with Crippen LogP contribution < -0.4 is 11.4 Å². The van der Waals surface area contributed by atoms with Crippen molar-refractivity contribution in [2.75, 3.05) is 0 Å². The third kappa shape index (κ3) is 1.39. The van der Waals surface area contributed by atoms with Crippen molar-refractivity contribution in [1.29, 1.82) is 0 Å². The number of rotatable bonds is 1. The summed E-state index contributed by atoms with van der Waals surface area (Å²) >= 11 is 5.89. The fourth-order valence-corrected chi connectivity index (χ4v) is 1.98. The number of imidazole rings is 1. The van der Waals surface area contributed by atoms with Gasteiger partial charge in [-0.2, -0.15) is 0 Å². The van der Waals surface area contributed by atoms with Crippen molar-refractivity contribution in [2.45, 2.75) is 0 Å². The molecule has 0 saturated carbocycles. The van der Waals surface area contributed by atoms with Gasteiger partial charge in [0.15, 0.2) is 11.1 Å². The molecule has 0 bridgehead atoms. The molecule has 7 heteroatoms. The molecule has 0 aliphatic rings. The van der Waals surface area contributed by atoms with Crippen LogP contribution >= 0.6 is 11.6 Å². The predicted octanol–water partition coefficient (Wildman–Crippen LogP) is 1.19. The van der Waals surface area contributed by atoms with E-state index in [9.17, 15) is 9.59 Å². The summed E-state index contributed by atoms with van der Waals surface area (Å²) < 4.78 is 6.44. The molecule has 1 amide bonds. The van der Waals surface area contributed by atoms with Crippen LogP contribution in [0.3, 0.4) is 0 Å². The van der Waals surface area contributed by atoms with Gasteiger partial charge in [0.2, 0.25) is 5.82 Å².